The molecule has 5 heteroatoms. The SMILES string of the molecule is Cc1cc(Br)cc(C(=O)Nc2ccc(N)cc2C#N)c1. The molecule has 0 spiro atoms. The molecule has 0 aliphatic rings. The van der Waals surface area contributed by atoms with Crippen molar-refractivity contribution in [2.24, 2.45) is 0 Å². The molecular formula is C15H12BrN3O. The van der Waals surface area contributed by atoms with Gasteiger partial charge in [0.05, 0.1) is 11.3 Å². The first kappa shape index (κ1) is 14.1. The van der Waals surface area contributed by atoms with Gasteiger partial charge in [-0.1, -0.05) is 15.9 Å². The van der Waals surface area contributed by atoms with E-state index in [-0.39, 0.29) is 5.91 Å². The number of rotatable bonds is 2. The Morgan fingerprint density at radius 1 is 1.30 bits per heavy atom. The second-order valence-corrected chi connectivity index (χ2v) is 5.30. The molecule has 0 saturated heterocycles. The largest absolute Gasteiger partial charge is 0.399 e. The molecule has 0 atom stereocenters. The number of nitrogen functional groups attached to an aromatic ring is 1. The number of halogens is 1. The number of aryl methyl sites for hydroxylation is 1. The van der Waals surface area contributed by atoms with Crippen LogP contribution in [0.1, 0.15) is 21.5 Å². The van der Waals surface area contributed by atoms with Crippen LogP contribution in [0.25, 0.3) is 0 Å². The molecule has 0 aliphatic carbocycles. The summed E-state index contributed by atoms with van der Waals surface area (Å²) in [7, 11) is 0. The number of nitrogens with one attached hydrogen (secondary N) is 1. The van der Waals surface area contributed by atoms with Crippen LogP contribution in [-0.4, -0.2) is 5.91 Å². The first-order chi connectivity index (χ1) is 9.49. The summed E-state index contributed by atoms with van der Waals surface area (Å²) >= 11 is 3.36. The molecule has 2 aromatic rings. The van der Waals surface area contributed by atoms with Gasteiger partial charge in [-0.2, -0.15) is 5.26 Å². The number of hydrogen-bond acceptors (Lipinski definition) is 3. The third kappa shape index (κ3) is 3.16. The highest BCUT2D eigenvalue weighted by atomic mass is 79.9. The fourth-order valence-corrected chi connectivity index (χ4v) is 2.43. The number of benzene rings is 2. The molecule has 4 nitrogen and oxygen atoms in total. The van der Waals surface area contributed by atoms with Gasteiger partial charge in [-0.15, -0.1) is 0 Å². The van der Waals surface area contributed by atoms with Gasteiger partial charge in [0.25, 0.3) is 5.91 Å². The Morgan fingerprint density at radius 3 is 2.70 bits per heavy atom. The molecule has 0 bridgehead atoms. The molecule has 0 heterocycles. The third-order valence-corrected chi connectivity index (χ3v) is 3.17. The van der Waals surface area contributed by atoms with Gasteiger partial charge in [0.15, 0.2) is 0 Å². The van der Waals surface area contributed by atoms with E-state index in [9.17, 15) is 4.79 Å². The molecule has 0 aromatic heterocycles. The Kier molecular flexibility index (Phi) is 4.06. The molecular weight excluding hydrogens is 318 g/mol. The van der Waals surface area contributed by atoms with Gasteiger partial charge in [0, 0.05) is 15.7 Å². The van der Waals surface area contributed by atoms with Gasteiger partial charge in [0.2, 0.25) is 0 Å². The highest BCUT2D eigenvalue weighted by Gasteiger charge is 2.10. The van der Waals surface area contributed by atoms with E-state index in [4.69, 9.17) is 11.0 Å². The molecule has 2 aromatic carbocycles. The number of carbonyl (C=O) groups is 1. The highest BCUT2D eigenvalue weighted by Crippen LogP contribution is 2.20. The molecule has 20 heavy (non-hydrogen) atoms. The van der Waals surface area contributed by atoms with Crippen molar-refractivity contribution in [2.75, 3.05) is 11.1 Å². The summed E-state index contributed by atoms with van der Waals surface area (Å²) in [5, 5.41) is 11.8. The van der Waals surface area contributed by atoms with Crippen LogP contribution < -0.4 is 11.1 Å². The Bertz CT molecular complexity index is 699. The van der Waals surface area contributed by atoms with Crippen molar-refractivity contribution >= 4 is 33.2 Å². The molecule has 0 unspecified atom stereocenters. The molecule has 0 saturated carbocycles. The van der Waals surface area contributed by atoms with Crippen LogP contribution in [0.5, 0.6) is 0 Å². The summed E-state index contributed by atoms with van der Waals surface area (Å²) in [5.41, 5.74) is 8.39. The lowest BCUT2D eigenvalue weighted by Gasteiger charge is -2.08. The van der Waals surface area contributed by atoms with E-state index in [1.54, 1.807) is 24.3 Å². The normalized spacial score (nSPS) is 9.85. The van der Waals surface area contributed by atoms with E-state index in [0.29, 0.717) is 22.5 Å². The lowest BCUT2D eigenvalue weighted by atomic mass is 10.1. The second kappa shape index (κ2) is 5.76. The number of carbonyl (C=O) groups excluding carboxylic acids is 1. The Labute approximate surface area is 125 Å². The minimum atomic E-state index is -0.268. The summed E-state index contributed by atoms with van der Waals surface area (Å²) in [6, 6.07) is 12.2. The van der Waals surface area contributed by atoms with Gasteiger partial charge in [-0.05, 0) is 48.9 Å². The molecule has 0 aliphatic heterocycles. The lowest BCUT2D eigenvalue weighted by Crippen LogP contribution is -2.13. The summed E-state index contributed by atoms with van der Waals surface area (Å²) in [4.78, 5) is 12.2. The van der Waals surface area contributed by atoms with E-state index in [1.165, 1.54) is 6.07 Å². The minimum absolute atomic E-state index is 0.268. The second-order valence-electron chi connectivity index (χ2n) is 4.39. The van der Waals surface area contributed by atoms with Crippen molar-refractivity contribution in [3.8, 4) is 6.07 Å². The van der Waals surface area contributed by atoms with Crippen LogP contribution in [0.4, 0.5) is 11.4 Å². The zero-order valence-electron chi connectivity index (χ0n) is 10.8. The fraction of sp³-hybridized carbons (Fsp3) is 0.0667. The molecule has 100 valence electrons. The van der Waals surface area contributed by atoms with Crippen LogP contribution in [0.3, 0.4) is 0 Å². The monoisotopic (exact) mass is 329 g/mol. The van der Waals surface area contributed by atoms with Gasteiger partial charge in [-0.25, -0.2) is 0 Å². The van der Waals surface area contributed by atoms with Crippen molar-refractivity contribution in [1.82, 2.24) is 0 Å². The molecule has 2 rings (SSSR count). The summed E-state index contributed by atoms with van der Waals surface area (Å²) in [5.74, 6) is -0.268. The number of nitrogens with zero attached hydrogens (tertiary/aromatic N) is 1. The number of hydrogen-bond donors (Lipinski definition) is 2. The van der Waals surface area contributed by atoms with Gasteiger partial charge in [0.1, 0.15) is 6.07 Å². The zero-order chi connectivity index (χ0) is 14.7. The van der Waals surface area contributed by atoms with Gasteiger partial charge >= 0.3 is 0 Å². The first-order valence-electron chi connectivity index (χ1n) is 5.88. The molecule has 0 fully saturated rings. The smallest absolute Gasteiger partial charge is 0.255 e. The quantitative estimate of drug-likeness (QED) is 0.828. The van der Waals surface area contributed by atoms with E-state index in [1.807, 2.05) is 19.1 Å². The van der Waals surface area contributed by atoms with Crippen LogP contribution in [0.15, 0.2) is 40.9 Å². The zero-order valence-corrected chi connectivity index (χ0v) is 12.4. The fourth-order valence-electron chi connectivity index (χ4n) is 1.83. The molecule has 0 radical (unpaired) electrons. The van der Waals surface area contributed by atoms with Crippen molar-refractivity contribution in [1.29, 1.82) is 5.26 Å². The predicted molar refractivity (Wildman–Crippen MR) is 82.4 cm³/mol. The van der Waals surface area contributed by atoms with Crippen molar-refractivity contribution in [3.05, 3.63) is 57.6 Å². The van der Waals surface area contributed by atoms with Gasteiger partial charge in [-0.3, -0.25) is 4.79 Å². The average molecular weight is 330 g/mol. The average Bonchev–Trinajstić information content (AvgIpc) is 2.39. The van der Waals surface area contributed by atoms with Crippen LogP contribution >= 0.6 is 15.9 Å². The number of amides is 1. The summed E-state index contributed by atoms with van der Waals surface area (Å²) in [6.45, 7) is 1.91. The number of nitriles is 1. The summed E-state index contributed by atoms with van der Waals surface area (Å²) < 4.78 is 0.834. The van der Waals surface area contributed by atoms with E-state index >= 15 is 0 Å². The molecule has 1 amide bonds. The van der Waals surface area contributed by atoms with E-state index in [2.05, 4.69) is 21.2 Å². The van der Waals surface area contributed by atoms with Crippen molar-refractivity contribution < 1.29 is 4.79 Å². The van der Waals surface area contributed by atoms with E-state index in [0.717, 1.165) is 10.0 Å². The van der Waals surface area contributed by atoms with Crippen LogP contribution in [0.2, 0.25) is 0 Å². The number of nitrogens with two attached hydrogens (primary N) is 1. The maximum absolute atomic E-state index is 12.2. The molecule has 3 N–H and O–H groups in total. The maximum Gasteiger partial charge on any atom is 0.255 e. The minimum Gasteiger partial charge on any atom is -0.399 e. The van der Waals surface area contributed by atoms with Gasteiger partial charge < -0.3 is 11.1 Å². The Balaban J connectivity index is 2.30. The topological polar surface area (TPSA) is 78.9 Å². The lowest BCUT2D eigenvalue weighted by molar-refractivity contribution is 0.102. The number of anilines is 2. The van der Waals surface area contributed by atoms with Crippen molar-refractivity contribution in [3.63, 3.8) is 0 Å². The van der Waals surface area contributed by atoms with Crippen LogP contribution in [-0.2, 0) is 0 Å². The highest BCUT2D eigenvalue weighted by molar-refractivity contribution is 9.10. The Morgan fingerprint density at radius 2 is 2.05 bits per heavy atom. The van der Waals surface area contributed by atoms with E-state index < -0.39 is 0 Å². The standard InChI is InChI=1S/C15H12BrN3O/c1-9-4-10(6-12(16)5-9)15(20)19-14-3-2-13(18)7-11(14)8-17/h2-7H,18H2,1H3,(H,19,20). The predicted octanol–water partition coefficient (Wildman–Crippen LogP) is 3.46. The van der Waals surface area contributed by atoms with Crippen molar-refractivity contribution in [2.45, 2.75) is 6.92 Å². The Hall–Kier alpha value is -2.32. The maximum atomic E-state index is 12.2. The van der Waals surface area contributed by atoms with Crippen LogP contribution in [0, 0.1) is 18.3 Å². The summed E-state index contributed by atoms with van der Waals surface area (Å²) in [6.07, 6.45) is 0. The third-order valence-electron chi connectivity index (χ3n) is 2.72. The first-order valence-corrected chi connectivity index (χ1v) is 6.67.